The number of hydrogen-bond donors (Lipinski definition) is 2. The molecule has 1 aromatic rings. The van der Waals surface area contributed by atoms with E-state index in [0.29, 0.717) is 11.3 Å². The standard InChI is InChI=1S/C11H13NO4/c1-16-8-4-2-7(3-5-8)10(13)9(6-12)11(14)15/h2-5,9H,6,12H2,1H3,(H,14,15). The van der Waals surface area contributed by atoms with Crippen LogP contribution < -0.4 is 10.5 Å². The summed E-state index contributed by atoms with van der Waals surface area (Å²) in [5.74, 6) is -2.27. The van der Waals surface area contributed by atoms with Crippen molar-refractivity contribution in [3.63, 3.8) is 0 Å². The van der Waals surface area contributed by atoms with Crippen molar-refractivity contribution in [2.75, 3.05) is 13.7 Å². The number of nitrogens with two attached hydrogens (primary N) is 1. The summed E-state index contributed by atoms with van der Waals surface area (Å²) < 4.78 is 4.93. The molecular weight excluding hydrogens is 210 g/mol. The molecule has 0 saturated heterocycles. The quantitative estimate of drug-likeness (QED) is 0.561. The predicted octanol–water partition coefficient (Wildman–Crippen LogP) is 0.537. The predicted molar refractivity (Wildman–Crippen MR) is 57.5 cm³/mol. The van der Waals surface area contributed by atoms with Crippen LogP contribution in [0.1, 0.15) is 10.4 Å². The summed E-state index contributed by atoms with van der Waals surface area (Å²) in [5.41, 5.74) is 5.56. The molecule has 0 fully saturated rings. The van der Waals surface area contributed by atoms with Gasteiger partial charge in [0.15, 0.2) is 5.78 Å². The van der Waals surface area contributed by atoms with E-state index in [4.69, 9.17) is 15.6 Å². The van der Waals surface area contributed by atoms with Gasteiger partial charge in [-0.1, -0.05) is 0 Å². The molecular formula is C11H13NO4. The van der Waals surface area contributed by atoms with Gasteiger partial charge in [-0.05, 0) is 24.3 Å². The van der Waals surface area contributed by atoms with Gasteiger partial charge in [-0.25, -0.2) is 0 Å². The van der Waals surface area contributed by atoms with Crippen LogP contribution in [0.4, 0.5) is 0 Å². The lowest BCUT2D eigenvalue weighted by Gasteiger charge is -2.08. The average molecular weight is 223 g/mol. The fourth-order valence-electron chi connectivity index (χ4n) is 1.28. The molecule has 3 N–H and O–H groups in total. The Labute approximate surface area is 92.8 Å². The molecule has 5 heteroatoms. The molecule has 86 valence electrons. The van der Waals surface area contributed by atoms with Gasteiger partial charge in [-0.15, -0.1) is 0 Å². The Kier molecular flexibility index (Phi) is 4.02. The first-order valence-corrected chi connectivity index (χ1v) is 4.71. The number of carbonyl (C=O) groups is 2. The van der Waals surface area contributed by atoms with E-state index in [-0.39, 0.29) is 6.54 Å². The number of ether oxygens (including phenoxy) is 1. The van der Waals surface area contributed by atoms with Gasteiger partial charge in [0.25, 0.3) is 0 Å². The topological polar surface area (TPSA) is 89.6 Å². The van der Waals surface area contributed by atoms with E-state index in [0.717, 1.165) is 0 Å². The zero-order valence-electron chi connectivity index (χ0n) is 8.84. The maximum atomic E-state index is 11.7. The van der Waals surface area contributed by atoms with Gasteiger partial charge in [-0.2, -0.15) is 0 Å². The van der Waals surface area contributed by atoms with Gasteiger partial charge in [0.05, 0.1) is 7.11 Å². The molecule has 1 rings (SSSR count). The van der Waals surface area contributed by atoms with E-state index in [2.05, 4.69) is 0 Å². The van der Waals surface area contributed by atoms with E-state index in [1.54, 1.807) is 12.1 Å². The highest BCUT2D eigenvalue weighted by Gasteiger charge is 2.25. The largest absolute Gasteiger partial charge is 0.497 e. The molecule has 0 aliphatic carbocycles. The number of carboxylic acids is 1. The Morgan fingerprint density at radius 3 is 2.31 bits per heavy atom. The molecule has 1 atom stereocenters. The highest BCUT2D eigenvalue weighted by Crippen LogP contribution is 2.14. The third kappa shape index (κ3) is 2.58. The van der Waals surface area contributed by atoms with Crippen molar-refractivity contribution in [2.45, 2.75) is 0 Å². The minimum absolute atomic E-state index is 0.208. The summed E-state index contributed by atoms with van der Waals surface area (Å²) in [4.78, 5) is 22.5. The molecule has 0 saturated carbocycles. The average Bonchev–Trinajstić information content (AvgIpc) is 2.29. The second kappa shape index (κ2) is 5.27. The second-order valence-electron chi connectivity index (χ2n) is 3.22. The molecule has 0 aliphatic rings. The summed E-state index contributed by atoms with van der Waals surface area (Å²) in [6.07, 6.45) is 0. The zero-order valence-corrected chi connectivity index (χ0v) is 8.84. The monoisotopic (exact) mass is 223 g/mol. The molecule has 0 amide bonds. The van der Waals surface area contributed by atoms with Crippen LogP contribution in [0.5, 0.6) is 5.75 Å². The smallest absolute Gasteiger partial charge is 0.315 e. The van der Waals surface area contributed by atoms with Crippen molar-refractivity contribution in [2.24, 2.45) is 11.7 Å². The molecule has 0 aromatic heterocycles. The Balaban J connectivity index is 2.91. The lowest BCUT2D eigenvalue weighted by atomic mass is 9.98. The first-order valence-electron chi connectivity index (χ1n) is 4.71. The van der Waals surface area contributed by atoms with Crippen LogP contribution in [0.25, 0.3) is 0 Å². The van der Waals surface area contributed by atoms with Crippen LogP contribution in [0.3, 0.4) is 0 Å². The maximum absolute atomic E-state index is 11.7. The van der Waals surface area contributed by atoms with Gasteiger partial charge >= 0.3 is 5.97 Å². The number of methoxy groups -OCH3 is 1. The molecule has 0 aliphatic heterocycles. The lowest BCUT2D eigenvalue weighted by molar-refractivity contribution is -0.139. The van der Waals surface area contributed by atoms with Gasteiger partial charge in [0, 0.05) is 12.1 Å². The minimum Gasteiger partial charge on any atom is -0.497 e. The summed E-state index contributed by atoms with van der Waals surface area (Å²) in [7, 11) is 1.51. The number of ketones is 1. The molecule has 0 bridgehead atoms. The lowest BCUT2D eigenvalue weighted by Crippen LogP contribution is -2.31. The Morgan fingerprint density at radius 1 is 1.38 bits per heavy atom. The molecule has 1 unspecified atom stereocenters. The molecule has 0 heterocycles. The SMILES string of the molecule is COc1ccc(C(=O)C(CN)C(=O)O)cc1. The summed E-state index contributed by atoms with van der Waals surface area (Å²) in [6, 6.07) is 6.24. The van der Waals surface area contributed by atoms with Crippen LogP contribution in [0, 0.1) is 5.92 Å². The molecule has 0 spiro atoms. The minimum atomic E-state index is -1.21. The van der Waals surface area contributed by atoms with Crippen molar-refractivity contribution in [1.82, 2.24) is 0 Å². The van der Waals surface area contributed by atoms with E-state index >= 15 is 0 Å². The second-order valence-corrected chi connectivity index (χ2v) is 3.22. The van der Waals surface area contributed by atoms with Crippen molar-refractivity contribution in [3.05, 3.63) is 29.8 Å². The summed E-state index contributed by atoms with van der Waals surface area (Å²) >= 11 is 0. The number of carbonyl (C=O) groups excluding carboxylic acids is 1. The molecule has 0 radical (unpaired) electrons. The molecule has 1 aromatic carbocycles. The summed E-state index contributed by atoms with van der Waals surface area (Å²) in [5, 5.41) is 8.78. The number of benzene rings is 1. The first-order chi connectivity index (χ1) is 7.60. The number of Topliss-reactive ketones (excluding diaryl/α,β-unsaturated/α-hetero) is 1. The van der Waals surface area contributed by atoms with Crippen LogP contribution >= 0.6 is 0 Å². The third-order valence-electron chi connectivity index (χ3n) is 2.22. The highest BCUT2D eigenvalue weighted by molar-refractivity contribution is 6.08. The Morgan fingerprint density at radius 2 is 1.94 bits per heavy atom. The molecule has 16 heavy (non-hydrogen) atoms. The van der Waals surface area contributed by atoms with E-state index in [9.17, 15) is 9.59 Å². The van der Waals surface area contributed by atoms with Crippen LogP contribution in [0.2, 0.25) is 0 Å². The number of carboxylic acid groups (broad SMARTS) is 1. The van der Waals surface area contributed by atoms with Crippen LogP contribution in [-0.2, 0) is 4.79 Å². The Bertz CT molecular complexity index is 385. The van der Waals surface area contributed by atoms with Crippen LogP contribution in [0.15, 0.2) is 24.3 Å². The van der Waals surface area contributed by atoms with Gasteiger partial charge < -0.3 is 15.6 Å². The fourth-order valence-corrected chi connectivity index (χ4v) is 1.28. The third-order valence-corrected chi connectivity index (χ3v) is 2.22. The van der Waals surface area contributed by atoms with Crippen molar-refractivity contribution >= 4 is 11.8 Å². The van der Waals surface area contributed by atoms with Gasteiger partial charge in [-0.3, -0.25) is 9.59 Å². The molecule has 5 nitrogen and oxygen atoms in total. The van der Waals surface area contributed by atoms with E-state index in [1.807, 2.05) is 0 Å². The van der Waals surface area contributed by atoms with Crippen LogP contribution in [-0.4, -0.2) is 30.5 Å². The first kappa shape index (κ1) is 12.2. The number of rotatable bonds is 5. The van der Waals surface area contributed by atoms with Crippen molar-refractivity contribution in [1.29, 1.82) is 0 Å². The van der Waals surface area contributed by atoms with E-state index < -0.39 is 17.7 Å². The maximum Gasteiger partial charge on any atom is 0.315 e. The zero-order chi connectivity index (χ0) is 12.1. The van der Waals surface area contributed by atoms with Gasteiger partial charge in [0.2, 0.25) is 0 Å². The van der Waals surface area contributed by atoms with Gasteiger partial charge in [0.1, 0.15) is 11.7 Å². The van der Waals surface area contributed by atoms with Crippen molar-refractivity contribution < 1.29 is 19.4 Å². The normalized spacial score (nSPS) is 11.9. The number of hydrogen-bond acceptors (Lipinski definition) is 4. The van der Waals surface area contributed by atoms with E-state index in [1.165, 1.54) is 19.2 Å². The Hall–Kier alpha value is -1.88. The number of aliphatic carboxylic acids is 1. The summed E-state index contributed by atoms with van der Waals surface area (Å²) in [6.45, 7) is -0.208. The fraction of sp³-hybridized carbons (Fsp3) is 0.273. The highest BCUT2D eigenvalue weighted by atomic mass is 16.5. The van der Waals surface area contributed by atoms with Crippen molar-refractivity contribution in [3.8, 4) is 5.75 Å².